The number of hydrogen-bond donors (Lipinski definition) is 1. The molecule has 1 saturated heterocycles. The molecule has 1 N–H and O–H groups in total. The van der Waals surface area contributed by atoms with E-state index in [-0.39, 0.29) is 5.41 Å². The Kier molecular flexibility index (Phi) is 1.87. The van der Waals surface area contributed by atoms with Gasteiger partial charge in [0.2, 0.25) is 0 Å². The van der Waals surface area contributed by atoms with E-state index in [9.17, 15) is 5.11 Å². The summed E-state index contributed by atoms with van der Waals surface area (Å²) in [5.74, 6) is 2.68. The van der Waals surface area contributed by atoms with Crippen LogP contribution in [0.25, 0.3) is 0 Å². The van der Waals surface area contributed by atoms with E-state index in [2.05, 4.69) is 37.9 Å². The van der Waals surface area contributed by atoms with Crippen LogP contribution in [0.2, 0.25) is 0 Å². The van der Waals surface area contributed by atoms with E-state index in [0.717, 1.165) is 17.9 Å². The van der Waals surface area contributed by atoms with Crippen LogP contribution in [-0.4, -0.2) is 29.6 Å². The minimum absolute atomic E-state index is 0.258. The summed E-state index contributed by atoms with van der Waals surface area (Å²) in [4.78, 5) is 2.59. The van der Waals surface area contributed by atoms with Crippen LogP contribution in [0, 0.1) is 28.6 Å². The molecule has 1 aliphatic heterocycles. The van der Waals surface area contributed by atoms with Gasteiger partial charge in [0.1, 0.15) is 5.76 Å². The molecule has 4 unspecified atom stereocenters. The van der Waals surface area contributed by atoms with E-state index in [1.54, 1.807) is 0 Å². The van der Waals surface area contributed by atoms with Gasteiger partial charge in [-0.15, -0.1) is 0 Å². The first kappa shape index (κ1) is 11.1. The van der Waals surface area contributed by atoms with Gasteiger partial charge in [-0.3, -0.25) is 0 Å². The number of allylic oxidation sites excluding steroid dienone is 3. The normalized spacial score (nSPS) is 57.6. The second-order valence-electron chi connectivity index (χ2n) is 7.29. The Labute approximate surface area is 109 Å². The highest BCUT2D eigenvalue weighted by molar-refractivity contribution is 5.36. The monoisotopic (exact) mass is 245 g/mol. The molecule has 2 bridgehead atoms. The van der Waals surface area contributed by atoms with Gasteiger partial charge in [-0.05, 0) is 55.2 Å². The number of likely N-dealkylation sites (tertiary alicyclic amines) is 1. The lowest BCUT2D eigenvalue weighted by atomic mass is 9.32. The third kappa shape index (κ3) is 0.943. The summed E-state index contributed by atoms with van der Waals surface area (Å²) in [6.07, 6.45) is 8.93. The van der Waals surface area contributed by atoms with Crippen LogP contribution in [-0.2, 0) is 0 Å². The number of nitrogens with zero attached hydrogens (tertiary/aromatic N) is 1. The van der Waals surface area contributed by atoms with Crippen LogP contribution in [0.5, 0.6) is 0 Å². The highest BCUT2D eigenvalue weighted by atomic mass is 16.3. The summed E-state index contributed by atoms with van der Waals surface area (Å²) >= 11 is 0. The molecule has 0 radical (unpaired) electrons. The number of piperidine rings is 1. The molecule has 18 heavy (non-hydrogen) atoms. The average molecular weight is 245 g/mol. The summed E-state index contributed by atoms with van der Waals surface area (Å²) in [7, 11) is 2.30. The van der Waals surface area contributed by atoms with E-state index in [0.29, 0.717) is 17.1 Å². The predicted molar refractivity (Wildman–Crippen MR) is 72.2 cm³/mol. The van der Waals surface area contributed by atoms with Gasteiger partial charge in [-0.2, -0.15) is 0 Å². The van der Waals surface area contributed by atoms with Crippen molar-refractivity contribution < 1.29 is 5.11 Å². The van der Waals surface area contributed by atoms with Crippen molar-refractivity contribution in [3.05, 3.63) is 24.0 Å². The van der Waals surface area contributed by atoms with Crippen molar-refractivity contribution in [1.82, 2.24) is 4.90 Å². The van der Waals surface area contributed by atoms with Crippen molar-refractivity contribution in [1.29, 1.82) is 0 Å². The summed E-state index contributed by atoms with van der Waals surface area (Å²) in [6, 6.07) is 0.725. The van der Waals surface area contributed by atoms with Gasteiger partial charge in [0, 0.05) is 18.0 Å². The van der Waals surface area contributed by atoms with Crippen LogP contribution in [0.3, 0.4) is 0 Å². The van der Waals surface area contributed by atoms with E-state index in [1.165, 1.54) is 19.4 Å². The molecule has 0 aromatic heterocycles. The standard InChI is InChI=1S/C16H23NO/c1-10-14-6-11-4-5-13(18)8-16(11)7-12(9-17(14)3)15(10,16)2/h4-5,8,10-12,14,18H,6-7,9H2,1-3H3/t10-,11?,12?,14?,15+,16?/m0/s1. The summed E-state index contributed by atoms with van der Waals surface area (Å²) < 4.78 is 0. The lowest BCUT2D eigenvalue weighted by Gasteiger charge is -2.75. The highest BCUT2D eigenvalue weighted by Gasteiger charge is 2.72. The van der Waals surface area contributed by atoms with Crippen molar-refractivity contribution in [2.24, 2.45) is 28.6 Å². The molecule has 1 heterocycles. The highest BCUT2D eigenvalue weighted by Crippen LogP contribution is 2.75. The quantitative estimate of drug-likeness (QED) is 0.709. The zero-order valence-corrected chi connectivity index (χ0v) is 11.6. The van der Waals surface area contributed by atoms with Crippen molar-refractivity contribution >= 4 is 0 Å². The van der Waals surface area contributed by atoms with Gasteiger partial charge in [-0.25, -0.2) is 0 Å². The number of aliphatic hydroxyl groups excluding tert-OH is 1. The fraction of sp³-hybridized carbons (Fsp3) is 0.750. The Morgan fingerprint density at radius 1 is 1.44 bits per heavy atom. The molecular formula is C16H23NO. The van der Waals surface area contributed by atoms with Crippen molar-refractivity contribution in [2.45, 2.75) is 32.7 Å². The lowest BCUT2D eigenvalue weighted by molar-refractivity contribution is -0.246. The Morgan fingerprint density at radius 3 is 3.00 bits per heavy atom. The van der Waals surface area contributed by atoms with Gasteiger partial charge < -0.3 is 10.0 Å². The zero-order chi connectivity index (χ0) is 12.7. The first-order valence-electron chi connectivity index (χ1n) is 7.29. The third-order valence-corrected chi connectivity index (χ3v) is 7.09. The third-order valence-electron chi connectivity index (χ3n) is 7.09. The predicted octanol–water partition coefficient (Wildman–Crippen LogP) is 2.98. The molecule has 3 fully saturated rings. The maximum atomic E-state index is 9.95. The van der Waals surface area contributed by atoms with Crippen LogP contribution < -0.4 is 0 Å². The van der Waals surface area contributed by atoms with E-state index < -0.39 is 0 Å². The van der Waals surface area contributed by atoms with Crippen LogP contribution >= 0.6 is 0 Å². The van der Waals surface area contributed by atoms with Gasteiger partial charge in [0.05, 0.1) is 0 Å². The molecule has 4 aliphatic rings. The fourth-order valence-corrected chi connectivity index (χ4v) is 5.91. The molecule has 6 atom stereocenters. The second kappa shape index (κ2) is 3.04. The molecule has 4 rings (SSSR count). The van der Waals surface area contributed by atoms with Crippen LogP contribution in [0.4, 0.5) is 0 Å². The molecule has 98 valence electrons. The van der Waals surface area contributed by atoms with Crippen LogP contribution in [0.15, 0.2) is 24.0 Å². The van der Waals surface area contributed by atoms with E-state index in [1.807, 2.05) is 6.08 Å². The number of aliphatic hydroxyl groups is 1. The molecule has 0 aromatic carbocycles. The van der Waals surface area contributed by atoms with Crippen LogP contribution in [0.1, 0.15) is 26.7 Å². The van der Waals surface area contributed by atoms with E-state index >= 15 is 0 Å². The molecule has 0 aromatic rings. The van der Waals surface area contributed by atoms with Crippen molar-refractivity contribution in [3.63, 3.8) is 0 Å². The summed E-state index contributed by atoms with van der Waals surface area (Å²) in [5, 5.41) is 9.95. The van der Waals surface area contributed by atoms with Gasteiger partial charge in [0.25, 0.3) is 0 Å². The Balaban J connectivity index is 1.86. The maximum Gasteiger partial charge on any atom is 0.111 e. The first-order chi connectivity index (χ1) is 8.49. The Hall–Kier alpha value is -0.760. The first-order valence-corrected chi connectivity index (χ1v) is 7.29. The van der Waals surface area contributed by atoms with Gasteiger partial charge in [-0.1, -0.05) is 19.9 Å². The number of hydrogen-bond acceptors (Lipinski definition) is 2. The smallest absolute Gasteiger partial charge is 0.111 e. The van der Waals surface area contributed by atoms with E-state index in [4.69, 9.17) is 0 Å². The largest absolute Gasteiger partial charge is 0.508 e. The summed E-state index contributed by atoms with van der Waals surface area (Å²) in [6.45, 7) is 6.17. The van der Waals surface area contributed by atoms with Crippen molar-refractivity contribution in [2.75, 3.05) is 13.6 Å². The maximum absolute atomic E-state index is 9.95. The molecule has 3 aliphatic carbocycles. The second-order valence-corrected chi connectivity index (χ2v) is 7.29. The van der Waals surface area contributed by atoms with Gasteiger partial charge in [0.15, 0.2) is 0 Å². The SMILES string of the molecule is C[C@H]1C2CC3C=CC(O)=CC34CC(CN2C)[C@@]14C. The van der Waals surface area contributed by atoms with Crippen molar-refractivity contribution in [3.8, 4) is 0 Å². The minimum Gasteiger partial charge on any atom is -0.508 e. The number of fused-ring (bicyclic) bond motifs is 1. The molecule has 2 heteroatoms. The Morgan fingerprint density at radius 2 is 2.22 bits per heavy atom. The topological polar surface area (TPSA) is 23.5 Å². The molecule has 2 saturated carbocycles. The molecule has 0 amide bonds. The fourth-order valence-electron chi connectivity index (χ4n) is 5.91. The molecule has 2 nitrogen and oxygen atoms in total. The Bertz CT molecular complexity index is 468. The van der Waals surface area contributed by atoms with Gasteiger partial charge >= 0.3 is 0 Å². The zero-order valence-electron chi connectivity index (χ0n) is 11.6. The molecular weight excluding hydrogens is 222 g/mol. The average Bonchev–Trinajstić information content (AvgIpc) is 2.31. The summed E-state index contributed by atoms with van der Waals surface area (Å²) in [5.41, 5.74) is 0.652. The minimum atomic E-state index is 0.258. The number of rotatable bonds is 0. The molecule has 1 spiro atoms. The lowest BCUT2D eigenvalue weighted by Crippen LogP contribution is -2.74.